The number of amides is 2. The molecule has 2 amide bonds. The second-order valence-corrected chi connectivity index (χ2v) is 6.41. The molecule has 1 atom stereocenters. The van der Waals surface area contributed by atoms with Crippen LogP contribution in [0.25, 0.3) is 0 Å². The standard InChI is InChI=1S/C13H14Br2N2O4/c1-21-8-2-3-17(6-8)13(20)16-11-9(12(18)19)4-7(14)5-10(11)15/h4-5,8H,2-3,6H2,1H3,(H,16,20)(H,18,19). The van der Waals surface area contributed by atoms with E-state index >= 15 is 0 Å². The number of rotatable bonds is 3. The van der Waals surface area contributed by atoms with Crippen molar-refractivity contribution in [2.75, 3.05) is 25.5 Å². The first-order valence-corrected chi connectivity index (χ1v) is 7.82. The van der Waals surface area contributed by atoms with Crippen LogP contribution in [0.3, 0.4) is 0 Å². The van der Waals surface area contributed by atoms with Gasteiger partial charge < -0.3 is 20.1 Å². The maximum atomic E-state index is 12.2. The maximum absolute atomic E-state index is 12.2. The summed E-state index contributed by atoms with van der Waals surface area (Å²) in [6, 6.07) is 2.80. The third-order valence-electron chi connectivity index (χ3n) is 3.28. The van der Waals surface area contributed by atoms with E-state index in [1.165, 1.54) is 6.07 Å². The highest BCUT2D eigenvalue weighted by molar-refractivity contribution is 9.11. The highest BCUT2D eigenvalue weighted by atomic mass is 79.9. The van der Waals surface area contributed by atoms with Gasteiger partial charge in [0.1, 0.15) is 0 Å². The molecule has 0 radical (unpaired) electrons. The first-order valence-electron chi connectivity index (χ1n) is 6.23. The van der Waals surface area contributed by atoms with Gasteiger partial charge in [0.05, 0.1) is 17.4 Å². The summed E-state index contributed by atoms with van der Waals surface area (Å²) in [4.78, 5) is 25.1. The molecule has 1 heterocycles. The Morgan fingerprint density at radius 1 is 1.43 bits per heavy atom. The Labute approximate surface area is 138 Å². The van der Waals surface area contributed by atoms with E-state index in [-0.39, 0.29) is 23.4 Å². The fourth-order valence-corrected chi connectivity index (χ4v) is 3.48. The van der Waals surface area contributed by atoms with E-state index in [2.05, 4.69) is 37.2 Å². The molecule has 1 saturated heterocycles. The fourth-order valence-electron chi connectivity index (χ4n) is 2.16. The number of urea groups is 1. The number of carboxylic acid groups (broad SMARTS) is 1. The number of aromatic carboxylic acids is 1. The van der Waals surface area contributed by atoms with Crippen LogP contribution in [0.1, 0.15) is 16.8 Å². The second-order valence-electron chi connectivity index (χ2n) is 4.64. The van der Waals surface area contributed by atoms with Crippen molar-refractivity contribution in [3.8, 4) is 0 Å². The van der Waals surface area contributed by atoms with Gasteiger partial charge in [-0.3, -0.25) is 0 Å². The van der Waals surface area contributed by atoms with E-state index in [1.54, 1.807) is 18.1 Å². The number of ether oxygens (including phenoxy) is 1. The van der Waals surface area contributed by atoms with E-state index in [1.807, 2.05) is 0 Å². The average Bonchev–Trinajstić information content (AvgIpc) is 2.90. The Hall–Kier alpha value is -1.12. The summed E-state index contributed by atoms with van der Waals surface area (Å²) in [5.41, 5.74) is 0.267. The van der Waals surface area contributed by atoms with Crippen LogP contribution in [0.2, 0.25) is 0 Å². The maximum Gasteiger partial charge on any atom is 0.337 e. The summed E-state index contributed by atoms with van der Waals surface area (Å²) >= 11 is 6.51. The largest absolute Gasteiger partial charge is 0.478 e. The Kier molecular flexibility index (Phi) is 5.23. The van der Waals surface area contributed by atoms with Crippen molar-refractivity contribution in [3.05, 3.63) is 26.6 Å². The minimum atomic E-state index is -1.11. The molecule has 8 heteroatoms. The minimum Gasteiger partial charge on any atom is -0.478 e. The molecule has 2 rings (SSSR count). The zero-order chi connectivity index (χ0) is 15.6. The van der Waals surface area contributed by atoms with Crippen molar-refractivity contribution >= 4 is 49.5 Å². The lowest BCUT2D eigenvalue weighted by molar-refractivity contribution is 0.0698. The van der Waals surface area contributed by atoms with Crippen molar-refractivity contribution in [2.24, 2.45) is 0 Å². The van der Waals surface area contributed by atoms with Gasteiger partial charge in [0.25, 0.3) is 0 Å². The lowest BCUT2D eigenvalue weighted by Crippen LogP contribution is -2.34. The van der Waals surface area contributed by atoms with Crippen LogP contribution < -0.4 is 5.32 Å². The van der Waals surface area contributed by atoms with Gasteiger partial charge in [-0.1, -0.05) is 15.9 Å². The number of methoxy groups -OCH3 is 1. The smallest absolute Gasteiger partial charge is 0.337 e. The van der Waals surface area contributed by atoms with E-state index in [0.717, 1.165) is 6.42 Å². The summed E-state index contributed by atoms with van der Waals surface area (Å²) in [6.45, 7) is 1.08. The lowest BCUT2D eigenvalue weighted by Gasteiger charge is -2.19. The summed E-state index contributed by atoms with van der Waals surface area (Å²) < 4.78 is 6.33. The quantitative estimate of drug-likeness (QED) is 0.785. The van der Waals surface area contributed by atoms with Crippen molar-refractivity contribution in [3.63, 3.8) is 0 Å². The average molecular weight is 422 g/mol. The SMILES string of the molecule is COC1CCN(C(=O)Nc2c(Br)cc(Br)cc2C(=O)O)C1. The molecule has 21 heavy (non-hydrogen) atoms. The van der Waals surface area contributed by atoms with Crippen LogP contribution in [0.5, 0.6) is 0 Å². The van der Waals surface area contributed by atoms with Crippen LogP contribution in [0.15, 0.2) is 21.1 Å². The molecule has 6 nitrogen and oxygen atoms in total. The van der Waals surface area contributed by atoms with Gasteiger partial charge in [0.15, 0.2) is 0 Å². The Bertz CT molecular complexity index is 580. The second kappa shape index (κ2) is 6.76. The van der Waals surface area contributed by atoms with Gasteiger partial charge in [0.2, 0.25) is 0 Å². The number of hydrogen-bond donors (Lipinski definition) is 2. The Morgan fingerprint density at radius 3 is 2.71 bits per heavy atom. The number of likely N-dealkylation sites (tertiary alicyclic amines) is 1. The molecule has 114 valence electrons. The number of nitrogens with zero attached hydrogens (tertiary/aromatic N) is 1. The van der Waals surface area contributed by atoms with Crippen LogP contribution in [0.4, 0.5) is 10.5 Å². The summed E-state index contributed by atoms with van der Waals surface area (Å²) in [6.07, 6.45) is 0.806. The fraction of sp³-hybridized carbons (Fsp3) is 0.385. The first kappa shape index (κ1) is 16.3. The van der Waals surface area contributed by atoms with Crippen LogP contribution in [0, 0.1) is 0 Å². The number of benzene rings is 1. The highest BCUT2D eigenvalue weighted by Crippen LogP contribution is 2.31. The molecule has 1 aliphatic rings. The topological polar surface area (TPSA) is 78.9 Å². The molecular formula is C13H14Br2N2O4. The molecule has 1 fully saturated rings. The number of carbonyl (C=O) groups is 2. The van der Waals surface area contributed by atoms with Crippen LogP contribution >= 0.6 is 31.9 Å². The zero-order valence-electron chi connectivity index (χ0n) is 11.2. The molecule has 2 N–H and O–H groups in total. The van der Waals surface area contributed by atoms with Gasteiger partial charge in [-0.25, -0.2) is 9.59 Å². The Morgan fingerprint density at radius 2 is 2.14 bits per heavy atom. The zero-order valence-corrected chi connectivity index (χ0v) is 14.4. The van der Waals surface area contributed by atoms with E-state index in [0.29, 0.717) is 22.0 Å². The Balaban J connectivity index is 2.19. The monoisotopic (exact) mass is 420 g/mol. The van der Waals surface area contributed by atoms with Crippen molar-refractivity contribution in [1.29, 1.82) is 0 Å². The predicted molar refractivity (Wildman–Crippen MR) is 84.8 cm³/mol. The van der Waals surface area contributed by atoms with Gasteiger partial charge in [-0.2, -0.15) is 0 Å². The van der Waals surface area contributed by atoms with E-state index in [4.69, 9.17) is 4.74 Å². The molecule has 0 bridgehead atoms. The van der Waals surface area contributed by atoms with Crippen LogP contribution in [-0.2, 0) is 4.74 Å². The molecule has 1 unspecified atom stereocenters. The van der Waals surface area contributed by atoms with Gasteiger partial charge in [-0.15, -0.1) is 0 Å². The molecule has 0 saturated carbocycles. The number of hydrogen-bond acceptors (Lipinski definition) is 3. The molecule has 0 aliphatic carbocycles. The summed E-state index contributed by atoms with van der Waals surface area (Å²) in [7, 11) is 1.61. The molecule has 1 aliphatic heterocycles. The third-order valence-corrected chi connectivity index (χ3v) is 4.37. The van der Waals surface area contributed by atoms with Crippen molar-refractivity contribution < 1.29 is 19.4 Å². The molecule has 1 aromatic carbocycles. The van der Waals surface area contributed by atoms with Gasteiger partial charge in [-0.05, 0) is 34.5 Å². The number of carboxylic acids is 1. The molecule has 0 aromatic heterocycles. The number of anilines is 1. The highest BCUT2D eigenvalue weighted by Gasteiger charge is 2.27. The number of halogens is 2. The molecular weight excluding hydrogens is 408 g/mol. The predicted octanol–water partition coefficient (Wildman–Crippen LogP) is 3.16. The summed E-state index contributed by atoms with van der Waals surface area (Å²) in [5, 5.41) is 11.9. The minimum absolute atomic E-state index is 0.0205. The van der Waals surface area contributed by atoms with Crippen LogP contribution in [-0.4, -0.2) is 48.3 Å². The van der Waals surface area contributed by atoms with Crippen molar-refractivity contribution in [2.45, 2.75) is 12.5 Å². The lowest BCUT2D eigenvalue weighted by atomic mass is 10.2. The molecule has 1 aromatic rings. The molecule has 0 spiro atoms. The van der Waals surface area contributed by atoms with Gasteiger partial charge >= 0.3 is 12.0 Å². The normalized spacial score (nSPS) is 17.9. The van der Waals surface area contributed by atoms with Crippen molar-refractivity contribution in [1.82, 2.24) is 4.90 Å². The van der Waals surface area contributed by atoms with E-state index in [9.17, 15) is 14.7 Å². The summed E-state index contributed by atoms with van der Waals surface area (Å²) in [5.74, 6) is -1.11. The first-order chi connectivity index (χ1) is 9.92. The number of carbonyl (C=O) groups excluding carboxylic acids is 1. The van der Waals surface area contributed by atoms with Gasteiger partial charge in [0, 0.05) is 29.1 Å². The third kappa shape index (κ3) is 3.75. The number of nitrogens with one attached hydrogen (secondary N) is 1. The van der Waals surface area contributed by atoms with E-state index < -0.39 is 5.97 Å².